The third-order valence-corrected chi connectivity index (χ3v) is 3.21. The van der Waals surface area contributed by atoms with Gasteiger partial charge in [-0.3, -0.25) is 0 Å². The molecule has 0 N–H and O–H groups in total. The summed E-state index contributed by atoms with van der Waals surface area (Å²) in [6.07, 6.45) is 2.13. The van der Waals surface area contributed by atoms with E-state index >= 15 is 0 Å². The number of benzene rings is 1. The Balaban J connectivity index is 2.21. The van der Waals surface area contributed by atoms with Crippen molar-refractivity contribution >= 4 is 0 Å². The standard InChI is InChI=1S/C12H16O2/c1-13-12(14-2)9-8-11(12)10-6-4-3-5-7-10/h3-7,11H,8-9H2,1-2H3. The lowest BCUT2D eigenvalue weighted by atomic mass is 9.73. The van der Waals surface area contributed by atoms with Gasteiger partial charge in [0.15, 0.2) is 5.79 Å². The zero-order chi connectivity index (χ0) is 10.0. The molecule has 1 saturated carbocycles. The Morgan fingerprint density at radius 1 is 1.14 bits per heavy atom. The quantitative estimate of drug-likeness (QED) is 0.685. The average molecular weight is 192 g/mol. The van der Waals surface area contributed by atoms with Crippen LogP contribution in [0.4, 0.5) is 0 Å². The highest BCUT2D eigenvalue weighted by atomic mass is 16.7. The monoisotopic (exact) mass is 192 g/mol. The maximum absolute atomic E-state index is 5.47. The molecule has 2 heteroatoms. The summed E-state index contributed by atoms with van der Waals surface area (Å²) in [5.74, 6) is 0.0140. The summed E-state index contributed by atoms with van der Waals surface area (Å²) in [5.41, 5.74) is 1.31. The Morgan fingerprint density at radius 2 is 1.79 bits per heavy atom. The van der Waals surface area contributed by atoms with Gasteiger partial charge in [-0.25, -0.2) is 0 Å². The predicted octanol–water partition coefficient (Wildman–Crippen LogP) is 2.55. The molecule has 1 aromatic rings. The molecule has 1 fully saturated rings. The molecule has 76 valence electrons. The van der Waals surface area contributed by atoms with Crippen LogP contribution < -0.4 is 0 Å². The lowest BCUT2D eigenvalue weighted by Gasteiger charge is -2.47. The fourth-order valence-electron chi connectivity index (χ4n) is 2.20. The molecule has 1 unspecified atom stereocenters. The van der Waals surface area contributed by atoms with E-state index in [1.54, 1.807) is 14.2 Å². The van der Waals surface area contributed by atoms with Crippen LogP contribution >= 0.6 is 0 Å². The Morgan fingerprint density at radius 3 is 2.21 bits per heavy atom. The van der Waals surface area contributed by atoms with Gasteiger partial charge in [0.1, 0.15) is 0 Å². The van der Waals surface area contributed by atoms with E-state index in [2.05, 4.69) is 24.3 Å². The van der Waals surface area contributed by atoms with Gasteiger partial charge in [0.25, 0.3) is 0 Å². The normalized spacial score (nSPS) is 24.3. The highest BCUT2D eigenvalue weighted by Crippen LogP contribution is 2.48. The molecule has 1 aliphatic carbocycles. The van der Waals surface area contributed by atoms with Gasteiger partial charge in [-0.15, -0.1) is 0 Å². The van der Waals surface area contributed by atoms with Crippen LogP contribution in [0.2, 0.25) is 0 Å². The number of rotatable bonds is 3. The van der Waals surface area contributed by atoms with Gasteiger partial charge in [-0.1, -0.05) is 30.3 Å². The molecule has 1 aliphatic rings. The molecule has 0 saturated heterocycles. The van der Waals surface area contributed by atoms with Crippen LogP contribution in [0.3, 0.4) is 0 Å². The second-order valence-electron chi connectivity index (χ2n) is 3.72. The zero-order valence-corrected chi connectivity index (χ0v) is 8.69. The number of hydrogen-bond acceptors (Lipinski definition) is 2. The summed E-state index contributed by atoms with van der Waals surface area (Å²) in [7, 11) is 3.44. The van der Waals surface area contributed by atoms with Gasteiger partial charge in [0.2, 0.25) is 0 Å². The number of methoxy groups -OCH3 is 2. The van der Waals surface area contributed by atoms with Gasteiger partial charge >= 0.3 is 0 Å². The van der Waals surface area contributed by atoms with E-state index < -0.39 is 0 Å². The number of ether oxygens (including phenoxy) is 2. The minimum atomic E-state index is -0.374. The van der Waals surface area contributed by atoms with Crippen molar-refractivity contribution in [1.29, 1.82) is 0 Å². The van der Waals surface area contributed by atoms with Crippen LogP contribution in [0, 0.1) is 0 Å². The maximum atomic E-state index is 5.47. The molecule has 0 amide bonds. The average Bonchev–Trinajstić information content (AvgIpc) is 2.20. The van der Waals surface area contributed by atoms with E-state index in [0.717, 1.165) is 12.8 Å². The molecule has 0 bridgehead atoms. The van der Waals surface area contributed by atoms with E-state index in [4.69, 9.17) is 9.47 Å². The van der Waals surface area contributed by atoms with E-state index in [1.165, 1.54) is 5.56 Å². The Bertz CT molecular complexity index is 285. The van der Waals surface area contributed by atoms with Crippen LogP contribution in [-0.2, 0) is 9.47 Å². The van der Waals surface area contributed by atoms with E-state index in [-0.39, 0.29) is 5.79 Å². The molecule has 2 rings (SSSR count). The molecule has 1 aromatic carbocycles. The van der Waals surface area contributed by atoms with Crippen LogP contribution in [0.1, 0.15) is 24.3 Å². The third-order valence-electron chi connectivity index (χ3n) is 3.21. The molecular formula is C12H16O2. The van der Waals surface area contributed by atoms with E-state index in [1.807, 2.05) is 6.07 Å². The van der Waals surface area contributed by atoms with E-state index in [0.29, 0.717) is 5.92 Å². The first-order chi connectivity index (χ1) is 6.82. The molecule has 0 radical (unpaired) electrons. The highest BCUT2D eigenvalue weighted by molar-refractivity contribution is 5.25. The zero-order valence-electron chi connectivity index (χ0n) is 8.69. The summed E-state index contributed by atoms with van der Waals surface area (Å²) >= 11 is 0. The first-order valence-electron chi connectivity index (χ1n) is 4.97. The van der Waals surface area contributed by atoms with Crippen LogP contribution in [-0.4, -0.2) is 20.0 Å². The van der Waals surface area contributed by atoms with Crippen molar-refractivity contribution in [2.24, 2.45) is 0 Å². The van der Waals surface area contributed by atoms with Gasteiger partial charge in [-0.2, -0.15) is 0 Å². The van der Waals surface area contributed by atoms with Gasteiger partial charge in [0, 0.05) is 26.6 Å². The Labute approximate surface area is 84.8 Å². The largest absolute Gasteiger partial charge is 0.353 e. The van der Waals surface area contributed by atoms with Gasteiger partial charge in [-0.05, 0) is 12.0 Å². The minimum Gasteiger partial charge on any atom is -0.353 e. The molecule has 0 spiro atoms. The van der Waals surface area contributed by atoms with Crippen LogP contribution in [0.5, 0.6) is 0 Å². The predicted molar refractivity (Wildman–Crippen MR) is 55.2 cm³/mol. The maximum Gasteiger partial charge on any atom is 0.174 e. The third kappa shape index (κ3) is 1.35. The van der Waals surface area contributed by atoms with Crippen molar-refractivity contribution in [1.82, 2.24) is 0 Å². The van der Waals surface area contributed by atoms with Crippen molar-refractivity contribution in [2.75, 3.05) is 14.2 Å². The molecular weight excluding hydrogens is 176 g/mol. The minimum absolute atomic E-state index is 0.374. The van der Waals surface area contributed by atoms with E-state index in [9.17, 15) is 0 Å². The lowest BCUT2D eigenvalue weighted by Crippen LogP contribution is -2.48. The summed E-state index contributed by atoms with van der Waals surface area (Å²) in [6, 6.07) is 10.4. The molecule has 1 atom stereocenters. The van der Waals surface area contributed by atoms with Crippen LogP contribution in [0.25, 0.3) is 0 Å². The SMILES string of the molecule is COC1(OC)CCC1c1ccccc1. The van der Waals surface area contributed by atoms with Gasteiger partial charge < -0.3 is 9.47 Å². The van der Waals surface area contributed by atoms with Crippen LogP contribution in [0.15, 0.2) is 30.3 Å². The highest BCUT2D eigenvalue weighted by Gasteiger charge is 2.48. The summed E-state index contributed by atoms with van der Waals surface area (Å²) in [5, 5.41) is 0. The Hall–Kier alpha value is -0.860. The summed E-state index contributed by atoms with van der Waals surface area (Å²) in [6.45, 7) is 0. The van der Waals surface area contributed by atoms with Crippen molar-refractivity contribution in [3.05, 3.63) is 35.9 Å². The van der Waals surface area contributed by atoms with Gasteiger partial charge in [0.05, 0.1) is 0 Å². The molecule has 14 heavy (non-hydrogen) atoms. The Kier molecular flexibility index (Phi) is 2.57. The summed E-state index contributed by atoms with van der Waals surface area (Å²) < 4.78 is 10.9. The van der Waals surface area contributed by atoms with Crippen molar-refractivity contribution in [2.45, 2.75) is 24.5 Å². The molecule has 2 nitrogen and oxygen atoms in total. The topological polar surface area (TPSA) is 18.5 Å². The lowest BCUT2D eigenvalue weighted by molar-refractivity contribution is -0.264. The molecule has 0 heterocycles. The molecule has 0 aromatic heterocycles. The number of hydrogen-bond donors (Lipinski definition) is 0. The van der Waals surface area contributed by atoms with Crippen molar-refractivity contribution in [3.8, 4) is 0 Å². The first-order valence-corrected chi connectivity index (χ1v) is 4.97. The fraction of sp³-hybridized carbons (Fsp3) is 0.500. The molecule has 0 aliphatic heterocycles. The van der Waals surface area contributed by atoms with Crippen molar-refractivity contribution in [3.63, 3.8) is 0 Å². The fourth-order valence-corrected chi connectivity index (χ4v) is 2.20. The second-order valence-corrected chi connectivity index (χ2v) is 3.72. The second kappa shape index (κ2) is 3.71. The summed E-state index contributed by atoms with van der Waals surface area (Å²) in [4.78, 5) is 0. The smallest absolute Gasteiger partial charge is 0.174 e. The van der Waals surface area contributed by atoms with Crippen molar-refractivity contribution < 1.29 is 9.47 Å². The first kappa shape index (κ1) is 9.69.